The number of carbonyl (C=O) groups excluding carboxylic acids is 1. The number of aliphatic carboxylic acids is 2. The average molecular weight is 374 g/mol. The van der Waals surface area contributed by atoms with Crippen molar-refractivity contribution in [2.75, 3.05) is 6.61 Å². The van der Waals surface area contributed by atoms with E-state index in [-0.39, 0.29) is 5.78 Å². The first kappa shape index (κ1) is 21.6. The molecule has 0 unspecified atom stereocenters. The number of imidazole rings is 1. The minimum atomic E-state index is -1.26. The average Bonchev–Trinajstić information content (AvgIpc) is 3.12. The summed E-state index contributed by atoms with van der Waals surface area (Å²) in [5.74, 6) is -1.59. The highest BCUT2D eigenvalue weighted by Crippen LogP contribution is 2.19. The van der Waals surface area contributed by atoms with Crippen molar-refractivity contribution in [2.24, 2.45) is 0 Å². The molecule has 2 aromatic rings. The first-order valence-electron chi connectivity index (χ1n) is 8.15. The number of nitrogens with zero attached hydrogens (tertiary/aromatic N) is 1. The summed E-state index contributed by atoms with van der Waals surface area (Å²) >= 11 is 0. The van der Waals surface area contributed by atoms with Crippen molar-refractivity contribution in [1.82, 2.24) is 9.97 Å². The minimum Gasteiger partial charge on any atom is -0.493 e. The standard InChI is InChI=1S/C15H18N2O2.C4H4O4/c1-11-8-13(12(2)18)5-6-15(11)19-7-3-4-14-9-16-10-17-14;5-3(6)1-2-4(7)8/h5-6,8-10H,3-4,7H2,1-2H3,(H,16,17);1-2H,(H,5,6)(H,7,8)/b;2-1-. The van der Waals surface area contributed by atoms with Gasteiger partial charge in [-0.05, 0) is 50.5 Å². The van der Waals surface area contributed by atoms with Gasteiger partial charge in [0.05, 0.1) is 12.9 Å². The Morgan fingerprint density at radius 3 is 2.33 bits per heavy atom. The first-order chi connectivity index (χ1) is 12.8. The van der Waals surface area contributed by atoms with E-state index in [1.54, 1.807) is 19.3 Å². The van der Waals surface area contributed by atoms with Crippen LogP contribution in [-0.2, 0) is 16.0 Å². The number of hydrogen-bond acceptors (Lipinski definition) is 5. The van der Waals surface area contributed by atoms with Crippen LogP contribution in [0.5, 0.6) is 5.75 Å². The van der Waals surface area contributed by atoms with Crippen molar-refractivity contribution in [1.29, 1.82) is 0 Å². The summed E-state index contributed by atoms with van der Waals surface area (Å²) in [6.07, 6.45) is 6.47. The van der Waals surface area contributed by atoms with E-state index in [0.29, 0.717) is 18.8 Å². The Morgan fingerprint density at radius 1 is 1.19 bits per heavy atom. The summed E-state index contributed by atoms with van der Waals surface area (Å²) in [6.45, 7) is 4.18. The highest BCUT2D eigenvalue weighted by molar-refractivity contribution is 5.94. The Kier molecular flexibility index (Phi) is 9.01. The van der Waals surface area contributed by atoms with Gasteiger partial charge in [0.2, 0.25) is 0 Å². The molecule has 0 spiro atoms. The third-order valence-electron chi connectivity index (χ3n) is 3.35. The van der Waals surface area contributed by atoms with E-state index in [1.165, 1.54) is 0 Å². The van der Waals surface area contributed by atoms with E-state index in [2.05, 4.69) is 9.97 Å². The van der Waals surface area contributed by atoms with E-state index >= 15 is 0 Å². The number of carboxylic acid groups (broad SMARTS) is 2. The van der Waals surface area contributed by atoms with Crippen LogP contribution in [0.3, 0.4) is 0 Å². The zero-order valence-corrected chi connectivity index (χ0v) is 15.1. The fourth-order valence-electron chi connectivity index (χ4n) is 2.04. The van der Waals surface area contributed by atoms with Gasteiger partial charge in [0, 0.05) is 29.6 Å². The monoisotopic (exact) mass is 374 g/mol. The molecule has 8 nitrogen and oxygen atoms in total. The fraction of sp³-hybridized carbons (Fsp3) is 0.263. The van der Waals surface area contributed by atoms with Crippen molar-refractivity contribution in [3.05, 3.63) is 59.7 Å². The van der Waals surface area contributed by atoms with Crippen LogP contribution in [0.15, 0.2) is 42.9 Å². The number of ether oxygens (including phenoxy) is 1. The van der Waals surface area contributed by atoms with Crippen molar-refractivity contribution < 1.29 is 29.3 Å². The Morgan fingerprint density at radius 2 is 1.85 bits per heavy atom. The molecule has 0 aliphatic rings. The number of ketones is 1. The second-order valence-electron chi connectivity index (χ2n) is 5.58. The van der Waals surface area contributed by atoms with Crippen molar-refractivity contribution in [2.45, 2.75) is 26.7 Å². The summed E-state index contributed by atoms with van der Waals surface area (Å²) in [4.78, 5) is 37.4. The smallest absolute Gasteiger partial charge is 0.328 e. The summed E-state index contributed by atoms with van der Waals surface area (Å²) in [7, 11) is 0. The Labute approximate surface area is 156 Å². The molecule has 144 valence electrons. The van der Waals surface area contributed by atoms with Gasteiger partial charge in [-0.2, -0.15) is 0 Å². The molecule has 3 N–H and O–H groups in total. The first-order valence-corrected chi connectivity index (χ1v) is 8.15. The lowest BCUT2D eigenvalue weighted by molar-refractivity contribution is -0.134. The number of rotatable bonds is 8. The lowest BCUT2D eigenvalue weighted by atomic mass is 10.1. The molecular weight excluding hydrogens is 352 g/mol. The molecule has 0 aliphatic heterocycles. The largest absolute Gasteiger partial charge is 0.493 e. The van der Waals surface area contributed by atoms with Crippen LogP contribution in [-0.4, -0.2) is 44.5 Å². The highest BCUT2D eigenvalue weighted by atomic mass is 16.5. The number of aryl methyl sites for hydroxylation is 2. The number of nitrogens with one attached hydrogen (secondary N) is 1. The van der Waals surface area contributed by atoms with E-state index in [9.17, 15) is 14.4 Å². The number of aromatic amines is 1. The van der Waals surface area contributed by atoms with Gasteiger partial charge < -0.3 is 19.9 Å². The molecule has 8 heteroatoms. The van der Waals surface area contributed by atoms with Gasteiger partial charge in [0.25, 0.3) is 0 Å². The molecule has 0 bridgehead atoms. The maximum absolute atomic E-state index is 11.3. The molecule has 0 amide bonds. The van der Waals surface area contributed by atoms with E-state index in [1.807, 2.05) is 25.3 Å². The molecule has 1 heterocycles. The van der Waals surface area contributed by atoms with Gasteiger partial charge in [-0.15, -0.1) is 0 Å². The molecule has 0 radical (unpaired) electrons. The van der Waals surface area contributed by atoms with Gasteiger partial charge in [0.1, 0.15) is 5.75 Å². The minimum absolute atomic E-state index is 0.0777. The van der Waals surface area contributed by atoms with E-state index < -0.39 is 11.9 Å². The van der Waals surface area contributed by atoms with Gasteiger partial charge in [0.15, 0.2) is 5.78 Å². The summed E-state index contributed by atoms with van der Waals surface area (Å²) in [6, 6.07) is 5.54. The van der Waals surface area contributed by atoms with Crippen LogP contribution in [0.1, 0.15) is 35.0 Å². The SMILES string of the molecule is CC(=O)c1ccc(OCCCc2cnc[nH]2)c(C)c1.O=C(O)/C=C\C(=O)O. The zero-order chi connectivity index (χ0) is 20.2. The summed E-state index contributed by atoms with van der Waals surface area (Å²) < 4.78 is 5.72. The van der Waals surface area contributed by atoms with Crippen LogP contribution in [0.4, 0.5) is 0 Å². The maximum Gasteiger partial charge on any atom is 0.328 e. The molecule has 27 heavy (non-hydrogen) atoms. The number of carbonyl (C=O) groups is 3. The zero-order valence-electron chi connectivity index (χ0n) is 15.1. The Bertz CT molecular complexity index is 781. The Hall–Kier alpha value is -3.42. The van der Waals surface area contributed by atoms with Crippen molar-refractivity contribution in [3.8, 4) is 5.75 Å². The predicted molar refractivity (Wildman–Crippen MR) is 98.0 cm³/mol. The molecule has 0 atom stereocenters. The second-order valence-corrected chi connectivity index (χ2v) is 5.58. The fourth-order valence-corrected chi connectivity index (χ4v) is 2.04. The molecule has 0 fully saturated rings. The number of hydrogen-bond donors (Lipinski definition) is 3. The quantitative estimate of drug-likeness (QED) is 0.368. The third-order valence-corrected chi connectivity index (χ3v) is 3.35. The van der Waals surface area contributed by atoms with Crippen LogP contribution in [0.25, 0.3) is 0 Å². The number of Topliss-reactive ketones (excluding diaryl/α,β-unsaturated/α-hetero) is 1. The van der Waals surface area contributed by atoms with Gasteiger partial charge in [-0.25, -0.2) is 14.6 Å². The van der Waals surface area contributed by atoms with Crippen LogP contribution >= 0.6 is 0 Å². The summed E-state index contributed by atoms with van der Waals surface area (Å²) in [5, 5.41) is 15.6. The molecule has 0 saturated heterocycles. The maximum atomic E-state index is 11.3. The molecule has 0 aliphatic carbocycles. The molecule has 0 saturated carbocycles. The molecule has 2 rings (SSSR count). The van der Waals surface area contributed by atoms with Gasteiger partial charge >= 0.3 is 11.9 Å². The van der Waals surface area contributed by atoms with Gasteiger partial charge in [-0.3, -0.25) is 4.79 Å². The summed E-state index contributed by atoms with van der Waals surface area (Å²) in [5.41, 5.74) is 2.84. The lowest BCUT2D eigenvalue weighted by Crippen LogP contribution is -2.02. The van der Waals surface area contributed by atoms with Crippen molar-refractivity contribution in [3.63, 3.8) is 0 Å². The highest BCUT2D eigenvalue weighted by Gasteiger charge is 2.04. The Balaban J connectivity index is 0.000000387. The molecular formula is C19H22N2O6. The molecule has 1 aromatic carbocycles. The number of carboxylic acids is 2. The van der Waals surface area contributed by atoms with Crippen molar-refractivity contribution >= 4 is 17.7 Å². The van der Waals surface area contributed by atoms with Gasteiger partial charge in [-0.1, -0.05) is 0 Å². The van der Waals surface area contributed by atoms with Crippen LogP contribution in [0, 0.1) is 6.92 Å². The van der Waals surface area contributed by atoms with Crippen LogP contribution in [0.2, 0.25) is 0 Å². The van der Waals surface area contributed by atoms with Crippen LogP contribution < -0.4 is 4.74 Å². The number of benzene rings is 1. The van der Waals surface area contributed by atoms with E-state index in [0.717, 1.165) is 35.4 Å². The topological polar surface area (TPSA) is 130 Å². The predicted octanol–water partition coefficient (Wildman–Crippen LogP) is 2.64. The lowest BCUT2D eigenvalue weighted by Gasteiger charge is -2.09. The second kappa shape index (κ2) is 11.2. The molecule has 1 aromatic heterocycles. The number of aromatic nitrogens is 2. The third kappa shape index (κ3) is 9.01. The normalized spacial score (nSPS) is 10.1. The van der Waals surface area contributed by atoms with E-state index in [4.69, 9.17) is 14.9 Å². The number of H-pyrrole nitrogens is 1.